The van der Waals surface area contributed by atoms with Crippen molar-refractivity contribution < 1.29 is 19.1 Å². The number of hydrogen-bond acceptors (Lipinski definition) is 4. The highest BCUT2D eigenvalue weighted by Crippen LogP contribution is 2.48. The molecule has 2 aliphatic rings. The lowest BCUT2D eigenvalue weighted by Gasteiger charge is -2.49. The summed E-state index contributed by atoms with van der Waals surface area (Å²) in [6.45, 7) is 5.66. The van der Waals surface area contributed by atoms with Crippen molar-refractivity contribution in [2.75, 3.05) is 12.4 Å². The zero-order chi connectivity index (χ0) is 20.1. The van der Waals surface area contributed by atoms with E-state index in [9.17, 15) is 9.59 Å². The molecule has 0 unspecified atom stereocenters. The van der Waals surface area contributed by atoms with Crippen LogP contribution in [0.1, 0.15) is 29.7 Å². The summed E-state index contributed by atoms with van der Waals surface area (Å²) in [5.74, 6) is 0.173. The molecule has 3 N–H and O–H groups in total. The maximum absolute atomic E-state index is 13.3. The van der Waals surface area contributed by atoms with E-state index in [1.165, 1.54) is 0 Å². The van der Waals surface area contributed by atoms with Gasteiger partial charge in [-0.2, -0.15) is 0 Å². The van der Waals surface area contributed by atoms with E-state index in [0.29, 0.717) is 17.1 Å². The Morgan fingerprint density at radius 1 is 1.25 bits per heavy atom. The predicted molar refractivity (Wildman–Crippen MR) is 104 cm³/mol. The van der Waals surface area contributed by atoms with Crippen molar-refractivity contribution in [2.45, 2.75) is 32.5 Å². The SMILES string of the molecule is COc1cccc2c1O[C@@]1(C)NC(=O)N[C@H]2[C@H]1C(=O)Nc1ccc(C)cc1C. The van der Waals surface area contributed by atoms with Crippen LogP contribution < -0.4 is 25.4 Å². The van der Waals surface area contributed by atoms with Crippen molar-refractivity contribution in [3.05, 3.63) is 53.1 Å². The molecule has 28 heavy (non-hydrogen) atoms. The summed E-state index contributed by atoms with van der Waals surface area (Å²) in [7, 11) is 1.56. The van der Waals surface area contributed by atoms with E-state index in [4.69, 9.17) is 9.47 Å². The highest BCUT2D eigenvalue weighted by molar-refractivity contribution is 5.96. The summed E-state index contributed by atoms with van der Waals surface area (Å²) >= 11 is 0. The van der Waals surface area contributed by atoms with Crippen LogP contribution >= 0.6 is 0 Å². The van der Waals surface area contributed by atoms with Crippen molar-refractivity contribution in [1.82, 2.24) is 10.6 Å². The van der Waals surface area contributed by atoms with Gasteiger partial charge in [0.05, 0.1) is 13.2 Å². The summed E-state index contributed by atoms with van der Waals surface area (Å²) in [5.41, 5.74) is 2.33. The Hall–Kier alpha value is -3.22. The fourth-order valence-electron chi connectivity index (χ4n) is 4.05. The summed E-state index contributed by atoms with van der Waals surface area (Å²) in [6.07, 6.45) is 0. The van der Waals surface area contributed by atoms with Gasteiger partial charge in [0.15, 0.2) is 17.2 Å². The number of rotatable bonds is 3. The molecule has 0 radical (unpaired) electrons. The molecular formula is C21H23N3O4. The van der Waals surface area contributed by atoms with Crippen LogP contribution in [0.15, 0.2) is 36.4 Å². The largest absolute Gasteiger partial charge is 0.493 e. The Balaban J connectivity index is 1.74. The maximum Gasteiger partial charge on any atom is 0.318 e. The Labute approximate surface area is 163 Å². The number of para-hydroxylation sites is 1. The molecule has 4 rings (SSSR count). The molecule has 0 spiro atoms. The highest BCUT2D eigenvalue weighted by Gasteiger charge is 2.56. The number of ether oxygens (including phenoxy) is 2. The van der Waals surface area contributed by atoms with Gasteiger partial charge in [-0.3, -0.25) is 10.1 Å². The molecule has 1 fully saturated rings. The molecule has 0 saturated carbocycles. The van der Waals surface area contributed by atoms with E-state index in [-0.39, 0.29) is 11.9 Å². The van der Waals surface area contributed by atoms with Crippen molar-refractivity contribution >= 4 is 17.6 Å². The van der Waals surface area contributed by atoms with Gasteiger partial charge >= 0.3 is 6.03 Å². The third kappa shape index (κ3) is 2.83. The van der Waals surface area contributed by atoms with Gasteiger partial charge in [-0.25, -0.2) is 4.79 Å². The zero-order valence-corrected chi connectivity index (χ0v) is 16.3. The number of nitrogens with one attached hydrogen (secondary N) is 3. The molecule has 2 heterocycles. The van der Waals surface area contributed by atoms with Crippen molar-refractivity contribution in [3.63, 3.8) is 0 Å². The number of fused-ring (bicyclic) bond motifs is 4. The van der Waals surface area contributed by atoms with Crippen LogP contribution in [0.2, 0.25) is 0 Å². The van der Waals surface area contributed by atoms with Gasteiger partial charge in [-0.05, 0) is 38.5 Å². The topological polar surface area (TPSA) is 88.7 Å². The van der Waals surface area contributed by atoms with Gasteiger partial charge in [0.25, 0.3) is 0 Å². The highest BCUT2D eigenvalue weighted by atomic mass is 16.5. The van der Waals surface area contributed by atoms with Gasteiger partial charge < -0.3 is 20.1 Å². The monoisotopic (exact) mass is 381 g/mol. The van der Waals surface area contributed by atoms with Gasteiger partial charge in [0, 0.05) is 11.3 Å². The molecular weight excluding hydrogens is 358 g/mol. The first kappa shape index (κ1) is 18.2. The van der Waals surface area contributed by atoms with Crippen molar-refractivity contribution in [1.29, 1.82) is 0 Å². The summed E-state index contributed by atoms with van der Waals surface area (Å²) in [4.78, 5) is 25.5. The molecule has 1 saturated heterocycles. The van der Waals surface area contributed by atoms with E-state index in [2.05, 4.69) is 16.0 Å². The lowest BCUT2D eigenvalue weighted by Crippen LogP contribution is -2.70. The molecule has 7 nitrogen and oxygen atoms in total. The minimum atomic E-state index is -1.21. The molecule has 3 amide bonds. The number of methoxy groups -OCH3 is 1. The second-order valence-electron chi connectivity index (χ2n) is 7.45. The number of urea groups is 1. The predicted octanol–water partition coefficient (Wildman–Crippen LogP) is 3.03. The molecule has 7 heteroatoms. The van der Waals surface area contributed by atoms with E-state index in [0.717, 1.165) is 16.8 Å². The average molecular weight is 381 g/mol. The van der Waals surface area contributed by atoms with Crippen LogP contribution in [0.3, 0.4) is 0 Å². The number of hydrogen-bond donors (Lipinski definition) is 3. The normalized spacial score (nSPS) is 24.9. The van der Waals surface area contributed by atoms with Gasteiger partial charge in [0.1, 0.15) is 5.92 Å². The fourth-order valence-corrected chi connectivity index (χ4v) is 4.05. The summed E-state index contributed by atoms with van der Waals surface area (Å²) in [5, 5.41) is 8.64. The number of benzene rings is 2. The van der Waals surface area contributed by atoms with Gasteiger partial charge in [0.2, 0.25) is 5.91 Å². The van der Waals surface area contributed by atoms with Crippen LogP contribution in [0, 0.1) is 19.8 Å². The lowest BCUT2D eigenvalue weighted by atomic mass is 9.79. The minimum absolute atomic E-state index is 0.236. The number of amides is 3. The quantitative estimate of drug-likeness (QED) is 0.763. The third-order valence-electron chi connectivity index (χ3n) is 5.38. The number of carbonyl (C=O) groups is 2. The van der Waals surface area contributed by atoms with Crippen LogP contribution in [0.25, 0.3) is 0 Å². The molecule has 2 aromatic rings. The van der Waals surface area contributed by atoms with Crippen LogP contribution in [0.5, 0.6) is 11.5 Å². The molecule has 146 valence electrons. The van der Waals surface area contributed by atoms with Crippen LogP contribution in [0.4, 0.5) is 10.5 Å². The molecule has 2 bridgehead atoms. The smallest absolute Gasteiger partial charge is 0.318 e. The van der Waals surface area contributed by atoms with E-state index >= 15 is 0 Å². The zero-order valence-electron chi connectivity index (χ0n) is 16.3. The van der Waals surface area contributed by atoms with E-state index < -0.39 is 17.7 Å². The maximum atomic E-state index is 13.3. The van der Waals surface area contributed by atoms with E-state index in [1.807, 2.05) is 44.2 Å². The first-order chi connectivity index (χ1) is 13.3. The Morgan fingerprint density at radius 2 is 2.04 bits per heavy atom. The Kier molecular flexibility index (Phi) is 4.18. The second-order valence-corrected chi connectivity index (χ2v) is 7.45. The standard InChI is InChI=1S/C21H23N3O4/c1-11-8-9-14(12(2)10-11)22-19(25)16-17-13-6-5-7-15(27-4)18(13)28-21(16,3)24-20(26)23-17/h5-10,16-17H,1-4H3,(H,22,25)(H2,23,24,26)/t16-,17+,21+/m0/s1. The molecule has 0 aliphatic carbocycles. The molecule has 2 aliphatic heterocycles. The molecule has 3 atom stereocenters. The van der Waals surface area contributed by atoms with Gasteiger partial charge in [-0.15, -0.1) is 0 Å². The fraction of sp³-hybridized carbons (Fsp3) is 0.333. The number of carbonyl (C=O) groups excluding carboxylic acids is 2. The summed E-state index contributed by atoms with van der Waals surface area (Å²) < 4.78 is 11.5. The molecule has 2 aromatic carbocycles. The van der Waals surface area contributed by atoms with E-state index in [1.54, 1.807) is 20.1 Å². The second kappa shape index (κ2) is 6.44. The molecule has 0 aromatic heterocycles. The first-order valence-corrected chi connectivity index (χ1v) is 9.15. The number of anilines is 1. The lowest BCUT2D eigenvalue weighted by molar-refractivity contribution is -0.133. The van der Waals surface area contributed by atoms with Crippen molar-refractivity contribution in [3.8, 4) is 11.5 Å². The van der Waals surface area contributed by atoms with Crippen LogP contribution in [-0.2, 0) is 4.79 Å². The van der Waals surface area contributed by atoms with Gasteiger partial charge in [-0.1, -0.05) is 29.8 Å². The number of aryl methyl sites for hydroxylation is 2. The average Bonchev–Trinajstić information content (AvgIpc) is 2.62. The first-order valence-electron chi connectivity index (χ1n) is 9.15. The summed E-state index contributed by atoms with van der Waals surface area (Å²) in [6, 6.07) is 10.4. The van der Waals surface area contributed by atoms with Crippen molar-refractivity contribution in [2.24, 2.45) is 5.92 Å². The third-order valence-corrected chi connectivity index (χ3v) is 5.38. The Morgan fingerprint density at radius 3 is 2.75 bits per heavy atom. The minimum Gasteiger partial charge on any atom is -0.493 e. The van der Waals surface area contributed by atoms with Crippen LogP contribution in [-0.4, -0.2) is 24.8 Å². The Bertz CT molecular complexity index is 974.